The highest BCUT2D eigenvalue weighted by molar-refractivity contribution is 5.78. The van der Waals surface area contributed by atoms with Crippen LogP contribution in [0.1, 0.15) is 58.8 Å². The summed E-state index contributed by atoms with van der Waals surface area (Å²) in [6.45, 7) is 5.67. The molecule has 0 aliphatic carbocycles. The molecule has 0 saturated heterocycles. The van der Waals surface area contributed by atoms with Crippen molar-refractivity contribution in [1.82, 2.24) is 0 Å². The van der Waals surface area contributed by atoms with Crippen molar-refractivity contribution in [3.05, 3.63) is 0 Å². The number of amides is 1. The summed E-state index contributed by atoms with van der Waals surface area (Å²) >= 11 is 0. The molecular formula is C16H32N2O3. The van der Waals surface area contributed by atoms with E-state index in [0.717, 1.165) is 32.1 Å². The first-order valence-electron chi connectivity index (χ1n) is 8.06. The van der Waals surface area contributed by atoms with Crippen LogP contribution in [0.5, 0.6) is 0 Å². The van der Waals surface area contributed by atoms with Crippen LogP contribution >= 0.6 is 0 Å². The maximum absolute atomic E-state index is 11.6. The van der Waals surface area contributed by atoms with Crippen LogP contribution in [0.25, 0.3) is 0 Å². The molecule has 0 aromatic carbocycles. The summed E-state index contributed by atoms with van der Waals surface area (Å²) in [4.78, 5) is 22.9. The van der Waals surface area contributed by atoms with Crippen molar-refractivity contribution in [1.29, 1.82) is 0 Å². The van der Waals surface area contributed by atoms with Crippen molar-refractivity contribution in [2.45, 2.75) is 58.8 Å². The van der Waals surface area contributed by atoms with Gasteiger partial charge in [-0.3, -0.25) is 9.59 Å². The third-order valence-electron chi connectivity index (χ3n) is 3.45. The van der Waals surface area contributed by atoms with E-state index in [1.165, 1.54) is 0 Å². The summed E-state index contributed by atoms with van der Waals surface area (Å²) in [5.41, 5.74) is 10.7. The molecule has 0 aromatic rings. The Hall–Kier alpha value is -0.940. The molecule has 0 aromatic heterocycles. The fourth-order valence-electron chi connectivity index (χ4n) is 2.33. The third kappa shape index (κ3) is 12.5. The van der Waals surface area contributed by atoms with Crippen LogP contribution in [0, 0.1) is 11.8 Å². The summed E-state index contributed by atoms with van der Waals surface area (Å²) in [6, 6.07) is 0. The molecule has 124 valence electrons. The maximum Gasteiger partial charge on any atom is 0.220 e. The molecule has 21 heavy (non-hydrogen) atoms. The first kappa shape index (κ1) is 20.1. The molecule has 0 heterocycles. The predicted octanol–water partition coefficient (Wildman–Crippen LogP) is 2.02. The summed E-state index contributed by atoms with van der Waals surface area (Å²) < 4.78 is 5.18. The van der Waals surface area contributed by atoms with Gasteiger partial charge in [0, 0.05) is 25.3 Å². The van der Waals surface area contributed by atoms with E-state index < -0.39 is 0 Å². The van der Waals surface area contributed by atoms with Gasteiger partial charge in [-0.15, -0.1) is 0 Å². The number of hydrogen-bond acceptors (Lipinski definition) is 4. The van der Waals surface area contributed by atoms with E-state index in [1.807, 2.05) is 0 Å². The average molecular weight is 300 g/mol. The minimum absolute atomic E-state index is 0.0228. The van der Waals surface area contributed by atoms with Crippen LogP contribution < -0.4 is 11.5 Å². The lowest BCUT2D eigenvalue weighted by atomic mass is 9.91. The monoisotopic (exact) mass is 300 g/mol. The highest BCUT2D eigenvalue weighted by Crippen LogP contribution is 2.18. The third-order valence-corrected chi connectivity index (χ3v) is 3.45. The number of ketones is 1. The van der Waals surface area contributed by atoms with Crippen LogP contribution in [-0.4, -0.2) is 31.4 Å². The summed E-state index contributed by atoms with van der Waals surface area (Å²) in [6.07, 6.45) is 5.56. The van der Waals surface area contributed by atoms with E-state index in [1.54, 1.807) is 0 Å². The van der Waals surface area contributed by atoms with Crippen LogP contribution in [-0.2, 0) is 14.3 Å². The van der Waals surface area contributed by atoms with Gasteiger partial charge in [0.15, 0.2) is 0 Å². The lowest BCUT2D eigenvalue weighted by Gasteiger charge is -2.15. The standard InChI is InChI=1S/C16H32N2O3/c1-13(2)12-14(16(18)20)6-4-3-5-7-15(19)8-10-21-11-9-17/h13-14H,3-12,17H2,1-2H3,(H2,18,20). The molecular weight excluding hydrogens is 268 g/mol. The van der Waals surface area contributed by atoms with Gasteiger partial charge in [-0.05, 0) is 25.2 Å². The SMILES string of the molecule is CC(C)CC(CCCCCC(=O)CCOCCN)C(N)=O. The van der Waals surface area contributed by atoms with Crippen LogP contribution in [0.15, 0.2) is 0 Å². The number of rotatable bonds is 14. The van der Waals surface area contributed by atoms with Crippen molar-refractivity contribution in [3.8, 4) is 0 Å². The van der Waals surface area contributed by atoms with Gasteiger partial charge in [-0.25, -0.2) is 0 Å². The molecule has 0 aliphatic heterocycles. The summed E-state index contributed by atoms with van der Waals surface area (Å²) in [7, 11) is 0. The van der Waals surface area contributed by atoms with Crippen LogP contribution in [0.4, 0.5) is 0 Å². The second-order valence-corrected chi connectivity index (χ2v) is 6.02. The molecule has 1 amide bonds. The highest BCUT2D eigenvalue weighted by Gasteiger charge is 2.16. The van der Waals surface area contributed by atoms with Crippen molar-refractivity contribution >= 4 is 11.7 Å². The molecule has 4 N–H and O–H groups in total. The number of nitrogens with two attached hydrogens (primary N) is 2. The Morgan fingerprint density at radius 3 is 2.33 bits per heavy atom. The zero-order valence-electron chi connectivity index (χ0n) is 13.6. The Morgan fingerprint density at radius 2 is 1.76 bits per heavy atom. The quantitative estimate of drug-likeness (QED) is 0.480. The maximum atomic E-state index is 11.6. The minimum atomic E-state index is -0.197. The van der Waals surface area contributed by atoms with Gasteiger partial charge in [-0.2, -0.15) is 0 Å². The van der Waals surface area contributed by atoms with E-state index in [2.05, 4.69) is 13.8 Å². The molecule has 0 saturated carbocycles. The minimum Gasteiger partial charge on any atom is -0.380 e. The zero-order valence-corrected chi connectivity index (χ0v) is 13.6. The summed E-state index contributed by atoms with van der Waals surface area (Å²) in [5.74, 6) is 0.500. The van der Waals surface area contributed by atoms with E-state index in [-0.39, 0.29) is 17.6 Å². The van der Waals surface area contributed by atoms with Gasteiger partial charge in [0.05, 0.1) is 13.2 Å². The Morgan fingerprint density at radius 1 is 1.05 bits per heavy atom. The molecule has 1 unspecified atom stereocenters. The van der Waals surface area contributed by atoms with E-state index >= 15 is 0 Å². The Balaban J connectivity index is 3.60. The zero-order chi connectivity index (χ0) is 16.1. The molecule has 0 fully saturated rings. The van der Waals surface area contributed by atoms with Gasteiger partial charge >= 0.3 is 0 Å². The molecule has 0 aliphatic rings. The number of hydrogen-bond donors (Lipinski definition) is 2. The van der Waals surface area contributed by atoms with Gasteiger partial charge in [0.2, 0.25) is 5.91 Å². The molecule has 1 atom stereocenters. The normalized spacial score (nSPS) is 12.6. The van der Waals surface area contributed by atoms with Gasteiger partial charge < -0.3 is 16.2 Å². The fraction of sp³-hybridized carbons (Fsp3) is 0.875. The Bertz CT molecular complexity index is 293. The van der Waals surface area contributed by atoms with Crippen molar-refractivity contribution in [2.75, 3.05) is 19.8 Å². The first-order chi connectivity index (χ1) is 9.97. The Labute approximate surface area is 128 Å². The highest BCUT2D eigenvalue weighted by atomic mass is 16.5. The van der Waals surface area contributed by atoms with Crippen molar-refractivity contribution in [2.24, 2.45) is 23.3 Å². The molecule has 5 nitrogen and oxygen atoms in total. The van der Waals surface area contributed by atoms with Crippen molar-refractivity contribution in [3.63, 3.8) is 0 Å². The summed E-state index contributed by atoms with van der Waals surface area (Å²) in [5, 5.41) is 0. The molecule has 0 bridgehead atoms. The molecule has 0 radical (unpaired) electrons. The number of carbonyl (C=O) groups is 2. The molecule has 0 rings (SSSR count). The predicted molar refractivity (Wildman–Crippen MR) is 84.7 cm³/mol. The largest absolute Gasteiger partial charge is 0.380 e. The van der Waals surface area contributed by atoms with E-state index in [9.17, 15) is 9.59 Å². The van der Waals surface area contributed by atoms with Gasteiger partial charge in [0.25, 0.3) is 0 Å². The van der Waals surface area contributed by atoms with Gasteiger partial charge in [0.1, 0.15) is 5.78 Å². The second kappa shape index (κ2) is 12.8. The number of Topliss-reactive ketones (excluding diaryl/α,β-unsaturated/α-hetero) is 1. The lowest BCUT2D eigenvalue weighted by molar-refractivity contribution is -0.123. The molecule has 5 heteroatoms. The second-order valence-electron chi connectivity index (χ2n) is 6.02. The molecule has 0 spiro atoms. The first-order valence-corrected chi connectivity index (χ1v) is 8.06. The smallest absolute Gasteiger partial charge is 0.220 e. The van der Waals surface area contributed by atoms with Crippen LogP contribution in [0.3, 0.4) is 0 Å². The van der Waals surface area contributed by atoms with Gasteiger partial charge in [-0.1, -0.05) is 26.7 Å². The number of unbranched alkanes of at least 4 members (excludes halogenated alkanes) is 2. The van der Waals surface area contributed by atoms with E-state index in [0.29, 0.717) is 38.5 Å². The lowest BCUT2D eigenvalue weighted by Crippen LogP contribution is -2.24. The topological polar surface area (TPSA) is 95.4 Å². The average Bonchev–Trinajstić information content (AvgIpc) is 2.41. The Kier molecular flexibility index (Phi) is 12.2. The number of primary amides is 1. The van der Waals surface area contributed by atoms with Crippen LogP contribution in [0.2, 0.25) is 0 Å². The van der Waals surface area contributed by atoms with Crippen molar-refractivity contribution < 1.29 is 14.3 Å². The number of carbonyl (C=O) groups excluding carboxylic acids is 2. The van der Waals surface area contributed by atoms with E-state index in [4.69, 9.17) is 16.2 Å². The fourth-order valence-corrected chi connectivity index (χ4v) is 2.33. The number of ether oxygens (including phenoxy) is 1.